The molecule has 1 aliphatic carbocycles. The lowest BCUT2D eigenvalue weighted by Gasteiger charge is -2.27. The number of imidazole rings is 1. The maximum atomic E-state index is 13.0. The Morgan fingerprint density at radius 2 is 1.91 bits per heavy atom. The summed E-state index contributed by atoms with van der Waals surface area (Å²) in [5, 5.41) is 9.48. The van der Waals surface area contributed by atoms with Gasteiger partial charge in [0, 0.05) is 29.7 Å². The highest BCUT2D eigenvalue weighted by molar-refractivity contribution is 6.30. The van der Waals surface area contributed by atoms with Crippen molar-refractivity contribution in [2.75, 3.05) is 6.61 Å². The van der Waals surface area contributed by atoms with Gasteiger partial charge in [-0.3, -0.25) is 9.20 Å². The van der Waals surface area contributed by atoms with Gasteiger partial charge in [0.2, 0.25) is 5.78 Å². The van der Waals surface area contributed by atoms with Crippen LogP contribution in [0.2, 0.25) is 5.02 Å². The molecule has 0 atom stereocenters. The molecule has 0 saturated heterocycles. The number of fused-ring (bicyclic) bond motifs is 1. The summed E-state index contributed by atoms with van der Waals surface area (Å²) in [6, 6.07) is 9.23. The molecule has 4 rings (SSSR count). The second-order valence-electron chi connectivity index (χ2n) is 8.75. The standard InChI is InChI=1S/C25H30ClN3O4/c1-2-3-4-13-28-22(18-5-9-19(26)10-6-18)14-23(30)29-15-21(27-25(28)29)17-7-11-20(12-8-17)33-16-24(31)32/h5-6,9-10,14-15,17,20H,2-4,7-8,11-13,16H2,1H3,(H,31,32). The number of ether oxygens (including phenoxy) is 1. The van der Waals surface area contributed by atoms with E-state index < -0.39 is 5.97 Å². The van der Waals surface area contributed by atoms with Gasteiger partial charge in [0.05, 0.1) is 17.5 Å². The van der Waals surface area contributed by atoms with Crippen LogP contribution < -0.4 is 5.56 Å². The Labute approximate surface area is 198 Å². The number of aryl methyl sites for hydroxylation is 1. The highest BCUT2D eigenvalue weighted by atomic mass is 35.5. The van der Waals surface area contributed by atoms with Crippen LogP contribution in [0, 0.1) is 0 Å². The van der Waals surface area contributed by atoms with Gasteiger partial charge >= 0.3 is 5.97 Å². The minimum atomic E-state index is -0.940. The first-order valence-corrected chi connectivity index (χ1v) is 12.1. The van der Waals surface area contributed by atoms with E-state index in [0.717, 1.165) is 68.4 Å². The van der Waals surface area contributed by atoms with Crippen molar-refractivity contribution in [1.29, 1.82) is 0 Å². The first kappa shape index (κ1) is 23.5. The molecule has 0 bridgehead atoms. The molecule has 1 N–H and O–H groups in total. The summed E-state index contributed by atoms with van der Waals surface area (Å²) in [4.78, 5) is 28.7. The molecule has 33 heavy (non-hydrogen) atoms. The van der Waals surface area contributed by atoms with E-state index in [1.165, 1.54) is 0 Å². The number of halogens is 1. The molecule has 1 saturated carbocycles. The third kappa shape index (κ3) is 5.47. The minimum absolute atomic E-state index is 0.0278. The molecule has 0 amide bonds. The zero-order valence-corrected chi connectivity index (χ0v) is 19.6. The van der Waals surface area contributed by atoms with Crippen molar-refractivity contribution >= 4 is 23.3 Å². The predicted molar refractivity (Wildman–Crippen MR) is 128 cm³/mol. The van der Waals surface area contributed by atoms with Gasteiger partial charge in [0.25, 0.3) is 5.56 Å². The normalized spacial score (nSPS) is 18.6. The molecule has 7 nitrogen and oxygen atoms in total. The summed E-state index contributed by atoms with van der Waals surface area (Å²) < 4.78 is 9.27. The number of carboxylic acids is 1. The van der Waals surface area contributed by atoms with Gasteiger partial charge in [-0.25, -0.2) is 9.78 Å². The number of rotatable bonds is 9. The van der Waals surface area contributed by atoms with E-state index in [1.807, 2.05) is 30.5 Å². The Morgan fingerprint density at radius 3 is 2.58 bits per heavy atom. The summed E-state index contributed by atoms with van der Waals surface area (Å²) in [7, 11) is 0. The number of aromatic nitrogens is 3. The molecular formula is C25H30ClN3O4. The van der Waals surface area contributed by atoms with Gasteiger partial charge in [-0.1, -0.05) is 43.5 Å². The summed E-state index contributed by atoms with van der Waals surface area (Å²) >= 11 is 6.08. The van der Waals surface area contributed by atoms with Crippen molar-refractivity contribution in [1.82, 2.24) is 14.0 Å². The van der Waals surface area contributed by atoms with Crippen molar-refractivity contribution in [2.24, 2.45) is 0 Å². The van der Waals surface area contributed by atoms with Crippen LogP contribution in [0.25, 0.3) is 17.0 Å². The van der Waals surface area contributed by atoms with Crippen molar-refractivity contribution in [3.8, 4) is 11.3 Å². The molecule has 8 heteroatoms. The minimum Gasteiger partial charge on any atom is -0.480 e. The average Bonchev–Trinajstić information content (AvgIpc) is 3.26. The first-order chi connectivity index (χ1) is 16.0. The van der Waals surface area contributed by atoms with Gasteiger partial charge in [0.15, 0.2) is 0 Å². The number of unbranched alkanes of at least 4 members (excludes halogenated alkanes) is 2. The molecule has 3 aromatic rings. The molecule has 0 radical (unpaired) electrons. The fourth-order valence-corrected chi connectivity index (χ4v) is 4.75. The van der Waals surface area contributed by atoms with E-state index in [0.29, 0.717) is 10.8 Å². The lowest BCUT2D eigenvalue weighted by atomic mass is 9.85. The molecule has 0 unspecified atom stereocenters. The Morgan fingerprint density at radius 1 is 1.18 bits per heavy atom. The Kier molecular flexibility index (Phi) is 7.50. The summed E-state index contributed by atoms with van der Waals surface area (Å²) in [5.41, 5.74) is 2.61. The highest BCUT2D eigenvalue weighted by Crippen LogP contribution is 2.34. The summed E-state index contributed by atoms with van der Waals surface area (Å²) in [5.74, 6) is -0.0376. The van der Waals surface area contributed by atoms with Crippen LogP contribution in [-0.4, -0.2) is 37.7 Å². The molecule has 176 valence electrons. The maximum absolute atomic E-state index is 13.0. The topological polar surface area (TPSA) is 85.8 Å². The lowest BCUT2D eigenvalue weighted by Crippen LogP contribution is -2.23. The van der Waals surface area contributed by atoms with Crippen molar-refractivity contribution in [3.05, 3.63) is 57.6 Å². The highest BCUT2D eigenvalue weighted by Gasteiger charge is 2.26. The quantitative estimate of drug-likeness (QED) is 0.437. The van der Waals surface area contributed by atoms with Gasteiger partial charge in [0.1, 0.15) is 6.61 Å². The lowest BCUT2D eigenvalue weighted by molar-refractivity contribution is -0.145. The van der Waals surface area contributed by atoms with E-state index in [9.17, 15) is 9.59 Å². The van der Waals surface area contributed by atoms with E-state index >= 15 is 0 Å². The fraction of sp³-hybridized carbons (Fsp3) is 0.480. The zero-order chi connectivity index (χ0) is 23.4. The molecule has 0 aliphatic heterocycles. The van der Waals surface area contributed by atoms with Crippen LogP contribution in [0.3, 0.4) is 0 Å². The number of nitrogens with zero attached hydrogens (tertiary/aromatic N) is 3. The first-order valence-electron chi connectivity index (χ1n) is 11.7. The largest absolute Gasteiger partial charge is 0.480 e. The van der Waals surface area contributed by atoms with Crippen molar-refractivity contribution < 1.29 is 14.6 Å². The van der Waals surface area contributed by atoms with Gasteiger partial charge < -0.3 is 14.4 Å². The third-order valence-electron chi connectivity index (χ3n) is 6.40. The fourth-order valence-electron chi connectivity index (χ4n) is 4.62. The number of aliphatic carboxylic acids is 1. The molecule has 2 heterocycles. The van der Waals surface area contributed by atoms with Crippen LogP contribution in [0.4, 0.5) is 0 Å². The maximum Gasteiger partial charge on any atom is 0.329 e. The molecule has 2 aromatic heterocycles. The van der Waals surface area contributed by atoms with E-state index in [-0.39, 0.29) is 24.2 Å². The van der Waals surface area contributed by atoms with Gasteiger partial charge in [-0.05, 0) is 49.8 Å². The average molecular weight is 472 g/mol. The number of hydrogen-bond acceptors (Lipinski definition) is 4. The predicted octanol–water partition coefficient (Wildman–Crippen LogP) is 5.13. The monoisotopic (exact) mass is 471 g/mol. The Balaban J connectivity index is 1.65. The van der Waals surface area contributed by atoms with Crippen molar-refractivity contribution in [3.63, 3.8) is 0 Å². The SMILES string of the molecule is CCCCCn1c(-c2ccc(Cl)cc2)cc(=O)n2cc(C3CCC(OCC(=O)O)CC3)nc12. The Hall–Kier alpha value is -2.64. The molecule has 1 fully saturated rings. The number of carboxylic acid groups (broad SMARTS) is 1. The van der Waals surface area contributed by atoms with Crippen molar-refractivity contribution in [2.45, 2.75) is 70.4 Å². The van der Waals surface area contributed by atoms with Gasteiger partial charge in [-0.2, -0.15) is 0 Å². The van der Waals surface area contributed by atoms with Crippen LogP contribution in [0.1, 0.15) is 63.5 Å². The third-order valence-corrected chi connectivity index (χ3v) is 6.65. The van der Waals surface area contributed by atoms with Crippen LogP contribution in [0.5, 0.6) is 0 Å². The van der Waals surface area contributed by atoms with Crippen LogP contribution in [0.15, 0.2) is 41.3 Å². The molecule has 1 aromatic carbocycles. The van der Waals surface area contributed by atoms with E-state index in [4.69, 9.17) is 26.4 Å². The van der Waals surface area contributed by atoms with Crippen LogP contribution in [-0.2, 0) is 16.1 Å². The summed E-state index contributed by atoms with van der Waals surface area (Å²) in [6.45, 7) is 2.70. The molecule has 1 aliphatic rings. The van der Waals surface area contributed by atoms with Gasteiger partial charge in [-0.15, -0.1) is 0 Å². The zero-order valence-electron chi connectivity index (χ0n) is 18.9. The second-order valence-corrected chi connectivity index (χ2v) is 9.18. The molecular weight excluding hydrogens is 442 g/mol. The number of benzene rings is 1. The number of carbonyl (C=O) groups is 1. The van der Waals surface area contributed by atoms with E-state index in [2.05, 4.69) is 11.5 Å². The summed E-state index contributed by atoms with van der Waals surface area (Å²) in [6.07, 6.45) is 8.38. The van der Waals surface area contributed by atoms with E-state index in [1.54, 1.807) is 10.5 Å². The Bertz CT molecular complexity index is 1160. The van der Waals surface area contributed by atoms with Crippen LogP contribution >= 0.6 is 11.6 Å². The second kappa shape index (κ2) is 10.5. The number of hydrogen-bond donors (Lipinski definition) is 1. The molecule has 0 spiro atoms. The smallest absolute Gasteiger partial charge is 0.329 e.